The minimum absolute atomic E-state index is 0.00917. The Morgan fingerprint density at radius 2 is 2.08 bits per heavy atom. The van der Waals surface area contributed by atoms with E-state index in [2.05, 4.69) is 10.3 Å². The first-order valence-electron chi connectivity index (χ1n) is 8.22. The van der Waals surface area contributed by atoms with Gasteiger partial charge in [0.1, 0.15) is 5.60 Å². The minimum Gasteiger partial charge on any atom is -0.459 e. The molecule has 132 valence electrons. The second-order valence-electron chi connectivity index (χ2n) is 7.11. The quantitative estimate of drug-likeness (QED) is 0.863. The van der Waals surface area contributed by atoms with Crippen molar-refractivity contribution >= 4 is 28.5 Å². The lowest BCUT2D eigenvalue weighted by Gasteiger charge is -2.23. The first-order valence-corrected chi connectivity index (χ1v) is 8.22. The summed E-state index contributed by atoms with van der Waals surface area (Å²) in [6.45, 7) is 7.24. The van der Waals surface area contributed by atoms with E-state index in [4.69, 9.17) is 4.74 Å². The zero-order valence-electron chi connectivity index (χ0n) is 14.7. The highest BCUT2D eigenvalue weighted by Crippen LogP contribution is 2.33. The molecule has 1 N–H and O–H groups in total. The van der Waals surface area contributed by atoms with Crippen LogP contribution in [0.25, 0.3) is 10.9 Å². The number of nitrogens with one attached hydrogen (secondary N) is 1. The number of hydrogen-bond donors (Lipinski definition) is 1. The molecule has 2 aromatic rings. The summed E-state index contributed by atoms with van der Waals surface area (Å²) in [6, 6.07) is 4.99. The number of cyclic esters (lactones) is 1. The van der Waals surface area contributed by atoms with Gasteiger partial charge in [0.05, 0.1) is 29.6 Å². The van der Waals surface area contributed by atoms with E-state index in [-0.39, 0.29) is 29.9 Å². The summed E-state index contributed by atoms with van der Waals surface area (Å²) < 4.78 is 6.73. The van der Waals surface area contributed by atoms with Crippen molar-refractivity contribution in [1.29, 1.82) is 0 Å². The highest BCUT2D eigenvalue weighted by atomic mass is 16.6. The highest BCUT2D eigenvalue weighted by Gasteiger charge is 2.46. The Morgan fingerprint density at radius 3 is 2.68 bits per heavy atom. The van der Waals surface area contributed by atoms with E-state index < -0.39 is 11.5 Å². The SMILES string of the molecule is CC(C)n1cnc2ccc(NC(=O)[C@@H]3CC(=O)OC3(C)C)cc2c1=O. The number of benzene rings is 1. The first-order chi connectivity index (χ1) is 11.7. The molecular formula is C18H21N3O4. The molecule has 1 aromatic carbocycles. The summed E-state index contributed by atoms with van der Waals surface area (Å²) >= 11 is 0. The average Bonchev–Trinajstić information content (AvgIpc) is 2.80. The number of anilines is 1. The van der Waals surface area contributed by atoms with Crippen molar-refractivity contribution in [3.63, 3.8) is 0 Å². The van der Waals surface area contributed by atoms with Crippen molar-refractivity contribution in [2.24, 2.45) is 5.92 Å². The Bertz CT molecular complexity index is 914. The Labute approximate surface area is 145 Å². The van der Waals surface area contributed by atoms with E-state index >= 15 is 0 Å². The number of carbonyl (C=O) groups is 2. The van der Waals surface area contributed by atoms with Crippen molar-refractivity contribution in [2.75, 3.05) is 5.32 Å². The van der Waals surface area contributed by atoms with Crippen LogP contribution in [0.2, 0.25) is 0 Å². The van der Waals surface area contributed by atoms with Crippen LogP contribution in [-0.2, 0) is 14.3 Å². The fourth-order valence-corrected chi connectivity index (χ4v) is 3.04. The van der Waals surface area contributed by atoms with Crippen molar-refractivity contribution in [1.82, 2.24) is 9.55 Å². The maximum Gasteiger partial charge on any atom is 0.307 e. The number of aromatic nitrogens is 2. The molecule has 25 heavy (non-hydrogen) atoms. The number of rotatable bonds is 3. The summed E-state index contributed by atoms with van der Waals surface area (Å²) in [5.41, 5.74) is 0.0627. The minimum atomic E-state index is -0.843. The van der Waals surface area contributed by atoms with Crippen LogP contribution in [0.1, 0.15) is 40.2 Å². The molecule has 1 aliphatic heterocycles. The molecule has 7 heteroatoms. The topological polar surface area (TPSA) is 90.3 Å². The van der Waals surface area contributed by atoms with Gasteiger partial charge in [-0.15, -0.1) is 0 Å². The Morgan fingerprint density at radius 1 is 1.36 bits per heavy atom. The summed E-state index contributed by atoms with van der Waals surface area (Å²) in [6.07, 6.45) is 1.58. The van der Waals surface area contributed by atoms with Crippen molar-refractivity contribution < 1.29 is 14.3 Å². The lowest BCUT2D eigenvalue weighted by molar-refractivity contribution is -0.147. The van der Waals surface area contributed by atoms with Crippen molar-refractivity contribution in [3.8, 4) is 0 Å². The van der Waals surface area contributed by atoms with E-state index in [0.29, 0.717) is 16.6 Å². The van der Waals surface area contributed by atoms with Crippen LogP contribution in [0.4, 0.5) is 5.69 Å². The van der Waals surface area contributed by atoms with E-state index in [1.54, 1.807) is 36.6 Å². The maximum absolute atomic E-state index is 12.6. The Kier molecular flexibility index (Phi) is 4.10. The summed E-state index contributed by atoms with van der Waals surface area (Å²) in [5, 5.41) is 3.22. The molecule has 0 spiro atoms. The van der Waals surface area contributed by atoms with Gasteiger partial charge in [0.2, 0.25) is 5.91 Å². The third-order valence-corrected chi connectivity index (χ3v) is 4.51. The zero-order valence-corrected chi connectivity index (χ0v) is 14.7. The molecule has 1 aliphatic rings. The van der Waals surface area contributed by atoms with Gasteiger partial charge in [0, 0.05) is 11.7 Å². The Hall–Kier alpha value is -2.70. The molecule has 2 heterocycles. The number of fused-ring (bicyclic) bond motifs is 1. The van der Waals surface area contributed by atoms with Gasteiger partial charge in [0.15, 0.2) is 0 Å². The smallest absolute Gasteiger partial charge is 0.307 e. The average molecular weight is 343 g/mol. The van der Waals surface area contributed by atoms with Gasteiger partial charge in [-0.3, -0.25) is 19.0 Å². The normalized spacial score (nSPS) is 19.2. The van der Waals surface area contributed by atoms with Crippen LogP contribution in [0.15, 0.2) is 29.3 Å². The van der Waals surface area contributed by atoms with Crippen LogP contribution in [0, 0.1) is 5.92 Å². The number of carbonyl (C=O) groups excluding carboxylic acids is 2. The fourth-order valence-electron chi connectivity index (χ4n) is 3.04. The van der Waals surface area contributed by atoms with Crippen LogP contribution in [0.5, 0.6) is 0 Å². The molecule has 1 saturated heterocycles. The monoisotopic (exact) mass is 343 g/mol. The van der Waals surface area contributed by atoms with Gasteiger partial charge in [-0.1, -0.05) is 0 Å². The molecule has 0 radical (unpaired) electrons. The lowest BCUT2D eigenvalue weighted by Crippen LogP contribution is -2.36. The molecule has 7 nitrogen and oxygen atoms in total. The Balaban J connectivity index is 1.92. The summed E-state index contributed by atoms with van der Waals surface area (Å²) in [4.78, 5) is 40.9. The molecule has 0 bridgehead atoms. The van der Waals surface area contributed by atoms with E-state index in [0.717, 1.165) is 0 Å². The highest BCUT2D eigenvalue weighted by molar-refractivity contribution is 5.98. The second-order valence-corrected chi connectivity index (χ2v) is 7.11. The number of hydrogen-bond acceptors (Lipinski definition) is 5. The molecule has 1 atom stereocenters. The standard InChI is InChI=1S/C18H21N3O4/c1-10(2)21-9-19-14-6-5-11(7-12(14)17(21)24)20-16(23)13-8-15(22)25-18(13,3)4/h5-7,9-10,13H,8H2,1-4H3,(H,20,23)/t13-/m0/s1. The molecule has 1 aromatic heterocycles. The van der Waals surface area contributed by atoms with Crippen molar-refractivity contribution in [2.45, 2.75) is 45.8 Å². The van der Waals surface area contributed by atoms with Gasteiger partial charge >= 0.3 is 5.97 Å². The van der Waals surface area contributed by atoms with E-state index in [1.165, 1.54) is 6.33 Å². The molecule has 0 aliphatic carbocycles. The molecule has 3 rings (SSSR count). The van der Waals surface area contributed by atoms with Gasteiger partial charge in [0.25, 0.3) is 5.56 Å². The predicted molar refractivity (Wildman–Crippen MR) is 93.3 cm³/mol. The summed E-state index contributed by atoms with van der Waals surface area (Å²) in [5.74, 6) is -1.26. The van der Waals surface area contributed by atoms with Crippen molar-refractivity contribution in [3.05, 3.63) is 34.9 Å². The van der Waals surface area contributed by atoms with Crippen LogP contribution >= 0.6 is 0 Å². The zero-order chi connectivity index (χ0) is 18.4. The number of ether oxygens (including phenoxy) is 1. The molecule has 1 fully saturated rings. The van der Waals surface area contributed by atoms with E-state index in [1.807, 2.05) is 13.8 Å². The van der Waals surface area contributed by atoms with Gasteiger partial charge in [-0.25, -0.2) is 4.98 Å². The fraction of sp³-hybridized carbons (Fsp3) is 0.444. The van der Waals surface area contributed by atoms with Gasteiger partial charge in [-0.2, -0.15) is 0 Å². The third-order valence-electron chi connectivity index (χ3n) is 4.51. The molecule has 0 saturated carbocycles. The number of esters is 1. The van der Waals surface area contributed by atoms with Gasteiger partial charge in [-0.05, 0) is 45.9 Å². The lowest BCUT2D eigenvalue weighted by atomic mass is 9.90. The molecule has 0 unspecified atom stereocenters. The van der Waals surface area contributed by atoms with E-state index in [9.17, 15) is 14.4 Å². The maximum atomic E-state index is 12.6. The van der Waals surface area contributed by atoms with Gasteiger partial charge < -0.3 is 10.1 Å². The molecular weight excluding hydrogens is 322 g/mol. The number of nitrogens with zero attached hydrogens (tertiary/aromatic N) is 2. The summed E-state index contributed by atoms with van der Waals surface area (Å²) in [7, 11) is 0. The van der Waals surface area contributed by atoms with Crippen LogP contribution < -0.4 is 10.9 Å². The van der Waals surface area contributed by atoms with Crippen LogP contribution in [-0.4, -0.2) is 27.0 Å². The second kappa shape index (κ2) is 5.98. The predicted octanol–water partition coefficient (Wildman–Crippen LogP) is 2.26. The first kappa shape index (κ1) is 17.1. The van der Waals surface area contributed by atoms with Crippen LogP contribution in [0.3, 0.4) is 0 Å². The number of amides is 1. The third kappa shape index (κ3) is 3.14. The molecule has 1 amide bonds. The largest absolute Gasteiger partial charge is 0.459 e.